The number of para-hydroxylation sites is 1. The van der Waals surface area contributed by atoms with Crippen molar-refractivity contribution in [3.05, 3.63) is 53.0 Å². The second kappa shape index (κ2) is 10.9. The van der Waals surface area contributed by atoms with Crippen molar-refractivity contribution in [1.82, 2.24) is 10.2 Å². The maximum absolute atomic E-state index is 12.2. The Morgan fingerprint density at radius 3 is 2.33 bits per heavy atom. The number of urea groups is 2. The van der Waals surface area contributed by atoms with Gasteiger partial charge in [-0.2, -0.15) is 0 Å². The van der Waals surface area contributed by atoms with Crippen LogP contribution >= 0.6 is 15.9 Å². The van der Waals surface area contributed by atoms with E-state index in [9.17, 15) is 9.59 Å². The van der Waals surface area contributed by atoms with Crippen LogP contribution in [-0.2, 0) is 0 Å². The van der Waals surface area contributed by atoms with Gasteiger partial charge >= 0.3 is 12.1 Å². The van der Waals surface area contributed by atoms with Gasteiger partial charge in [0.15, 0.2) is 0 Å². The predicted molar refractivity (Wildman–Crippen MR) is 125 cm³/mol. The molecule has 4 amide bonds. The quantitative estimate of drug-likeness (QED) is 0.530. The fourth-order valence-electron chi connectivity index (χ4n) is 3.25. The molecule has 0 bridgehead atoms. The summed E-state index contributed by atoms with van der Waals surface area (Å²) in [6.07, 6.45) is 2.08. The molecule has 0 radical (unpaired) electrons. The molecular weight excluding hydrogens is 446 g/mol. The summed E-state index contributed by atoms with van der Waals surface area (Å²) in [4.78, 5) is 28.5. The van der Waals surface area contributed by atoms with Crippen LogP contribution in [0.3, 0.4) is 0 Å². The van der Waals surface area contributed by atoms with E-state index in [4.69, 9.17) is 0 Å². The van der Waals surface area contributed by atoms with E-state index in [1.54, 1.807) is 0 Å². The molecule has 8 heteroatoms. The molecule has 7 nitrogen and oxygen atoms in total. The average Bonchev–Trinajstić information content (AvgIpc) is 2.76. The van der Waals surface area contributed by atoms with Crippen LogP contribution in [-0.4, -0.2) is 49.7 Å². The second-order valence-corrected chi connectivity index (χ2v) is 8.02. The summed E-state index contributed by atoms with van der Waals surface area (Å²) in [7, 11) is 0. The molecule has 2 aromatic carbocycles. The molecule has 0 aliphatic carbocycles. The van der Waals surface area contributed by atoms with Gasteiger partial charge in [-0.05, 0) is 58.7 Å². The zero-order valence-corrected chi connectivity index (χ0v) is 18.7. The monoisotopic (exact) mass is 473 g/mol. The Morgan fingerprint density at radius 2 is 1.67 bits per heavy atom. The number of amides is 4. The Bertz CT molecular complexity index is 851. The van der Waals surface area contributed by atoms with Crippen LogP contribution in [0.25, 0.3) is 0 Å². The van der Waals surface area contributed by atoms with Crippen LogP contribution in [0.1, 0.15) is 19.8 Å². The van der Waals surface area contributed by atoms with Crippen molar-refractivity contribution < 1.29 is 9.59 Å². The van der Waals surface area contributed by atoms with Crippen molar-refractivity contribution in [2.75, 3.05) is 48.3 Å². The highest BCUT2D eigenvalue weighted by Crippen LogP contribution is 2.22. The molecule has 0 spiro atoms. The number of halogens is 1. The molecule has 1 fully saturated rings. The lowest BCUT2D eigenvalue weighted by molar-refractivity contribution is 0.194. The van der Waals surface area contributed by atoms with Crippen LogP contribution in [0.2, 0.25) is 0 Å². The number of hydrogen-bond donors (Lipinski definition) is 3. The number of rotatable bonds is 6. The fraction of sp³-hybridized carbons (Fsp3) is 0.364. The molecule has 2 aromatic rings. The van der Waals surface area contributed by atoms with E-state index < -0.39 is 0 Å². The summed E-state index contributed by atoms with van der Waals surface area (Å²) in [5, 5.41) is 8.64. The minimum absolute atomic E-state index is 0.0266. The molecule has 1 heterocycles. The number of benzene rings is 2. The minimum Gasteiger partial charge on any atom is -0.368 e. The maximum Gasteiger partial charge on any atom is 0.323 e. The molecule has 30 heavy (non-hydrogen) atoms. The highest BCUT2D eigenvalue weighted by atomic mass is 79.9. The molecule has 0 aromatic heterocycles. The van der Waals surface area contributed by atoms with E-state index in [2.05, 4.69) is 43.7 Å². The predicted octanol–water partition coefficient (Wildman–Crippen LogP) is 4.72. The summed E-state index contributed by atoms with van der Waals surface area (Å²) in [5.74, 6) is 0. The number of carbonyl (C=O) groups is 2. The molecule has 3 rings (SSSR count). The number of hydrogen-bond acceptors (Lipinski definition) is 3. The number of anilines is 3. The van der Waals surface area contributed by atoms with Crippen LogP contribution in [0.15, 0.2) is 53.0 Å². The van der Waals surface area contributed by atoms with E-state index in [1.807, 2.05) is 53.4 Å². The Kier molecular flexibility index (Phi) is 7.96. The van der Waals surface area contributed by atoms with Gasteiger partial charge in [0.1, 0.15) is 0 Å². The molecule has 1 saturated heterocycles. The molecule has 1 aliphatic heterocycles. The van der Waals surface area contributed by atoms with Gasteiger partial charge in [0, 0.05) is 48.6 Å². The third-order valence-electron chi connectivity index (χ3n) is 4.99. The zero-order chi connectivity index (χ0) is 21.3. The van der Waals surface area contributed by atoms with Gasteiger partial charge in [-0.1, -0.05) is 25.5 Å². The molecule has 160 valence electrons. The average molecular weight is 474 g/mol. The Morgan fingerprint density at radius 1 is 0.967 bits per heavy atom. The van der Waals surface area contributed by atoms with E-state index in [0.29, 0.717) is 18.8 Å². The molecular formula is C22H28BrN5O2. The lowest BCUT2D eigenvalue weighted by Gasteiger charge is -2.36. The summed E-state index contributed by atoms with van der Waals surface area (Å²) >= 11 is 3.42. The lowest BCUT2D eigenvalue weighted by Crippen LogP contribution is -2.52. The van der Waals surface area contributed by atoms with Crippen molar-refractivity contribution in [2.24, 2.45) is 0 Å². The number of nitrogens with one attached hydrogen (secondary N) is 3. The molecule has 3 N–H and O–H groups in total. The first-order valence-corrected chi connectivity index (χ1v) is 11.1. The first kappa shape index (κ1) is 22.0. The summed E-state index contributed by atoms with van der Waals surface area (Å²) in [5.41, 5.74) is 2.51. The number of nitrogens with zero attached hydrogens (tertiary/aromatic N) is 2. The highest BCUT2D eigenvalue weighted by Gasteiger charge is 2.21. The van der Waals surface area contributed by atoms with Gasteiger partial charge in [0.2, 0.25) is 0 Å². The molecule has 0 unspecified atom stereocenters. The van der Waals surface area contributed by atoms with E-state index in [0.717, 1.165) is 48.3 Å². The number of carbonyl (C=O) groups excluding carboxylic acids is 2. The minimum atomic E-state index is -0.294. The van der Waals surface area contributed by atoms with Crippen molar-refractivity contribution in [1.29, 1.82) is 0 Å². The highest BCUT2D eigenvalue weighted by molar-refractivity contribution is 9.10. The Labute approximate surface area is 185 Å². The van der Waals surface area contributed by atoms with Crippen LogP contribution in [0, 0.1) is 0 Å². The molecule has 0 atom stereocenters. The summed E-state index contributed by atoms with van der Waals surface area (Å²) < 4.78 is 0.827. The van der Waals surface area contributed by atoms with Crippen molar-refractivity contribution in [3.8, 4) is 0 Å². The standard InChI is InChI=1S/C22H28BrN5O2/c1-2-3-12-24-22(30)28-15-13-27(14-16-28)18-10-8-17(9-11-18)25-21(29)26-20-7-5-4-6-19(20)23/h4-11H,2-3,12-16H2,1H3,(H,24,30)(H2,25,26,29). The SMILES string of the molecule is CCCCNC(=O)N1CCN(c2ccc(NC(=O)Nc3ccccc3Br)cc2)CC1. The number of unbranched alkanes of at least 4 members (excludes halogenated alkanes) is 1. The van der Waals surface area contributed by atoms with E-state index in [1.165, 1.54) is 0 Å². The van der Waals surface area contributed by atoms with Crippen molar-refractivity contribution >= 4 is 45.1 Å². The normalized spacial score (nSPS) is 13.7. The van der Waals surface area contributed by atoms with Crippen LogP contribution in [0.4, 0.5) is 26.7 Å². The van der Waals surface area contributed by atoms with Crippen LogP contribution in [0.5, 0.6) is 0 Å². The lowest BCUT2D eigenvalue weighted by atomic mass is 10.2. The van der Waals surface area contributed by atoms with Gasteiger partial charge in [0.05, 0.1) is 5.69 Å². The Balaban J connectivity index is 1.47. The zero-order valence-electron chi connectivity index (χ0n) is 17.2. The van der Waals surface area contributed by atoms with Crippen molar-refractivity contribution in [3.63, 3.8) is 0 Å². The van der Waals surface area contributed by atoms with Gasteiger partial charge in [-0.15, -0.1) is 0 Å². The fourth-order valence-corrected chi connectivity index (χ4v) is 3.64. The maximum atomic E-state index is 12.2. The topological polar surface area (TPSA) is 76.7 Å². The summed E-state index contributed by atoms with van der Waals surface area (Å²) in [6, 6.07) is 15.0. The third kappa shape index (κ3) is 6.13. The Hall–Kier alpha value is -2.74. The second-order valence-electron chi connectivity index (χ2n) is 7.17. The first-order valence-electron chi connectivity index (χ1n) is 10.3. The number of piperazine rings is 1. The summed E-state index contributed by atoms with van der Waals surface area (Å²) in [6.45, 7) is 5.82. The van der Waals surface area contributed by atoms with Gasteiger partial charge in [-0.25, -0.2) is 9.59 Å². The smallest absolute Gasteiger partial charge is 0.323 e. The van der Waals surface area contributed by atoms with E-state index >= 15 is 0 Å². The van der Waals surface area contributed by atoms with Crippen LogP contribution < -0.4 is 20.9 Å². The van der Waals surface area contributed by atoms with Crippen molar-refractivity contribution in [2.45, 2.75) is 19.8 Å². The van der Waals surface area contributed by atoms with Gasteiger partial charge in [0.25, 0.3) is 0 Å². The molecule has 0 saturated carbocycles. The largest absolute Gasteiger partial charge is 0.368 e. The van der Waals surface area contributed by atoms with E-state index in [-0.39, 0.29) is 12.1 Å². The molecule has 1 aliphatic rings. The first-order chi connectivity index (χ1) is 14.6. The van der Waals surface area contributed by atoms with Gasteiger partial charge in [-0.3, -0.25) is 0 Å². The van der Waals surface area contributed by atoms with Gasteiger partial charge < -0.3 is 25.8 Å². The third-order valence-corrected chi connectivity index (χ3v) is 5.68.